The van der Waals surface area contributed by atoms with Crippen LogP contribution in [0.15, 0.2) is 24.3 Å². The van der Waals surface area contributed by atoms with Crippen molar-refractivity contribution in [2.75, 3.05) is 49.1 Å². The average Bonchev–Trinajstić information content (AvgIpc) is 2.61. The van der Waals surface area contributed by atoms with Crippen LogP contribution in [0.1, 0.15) is 40.5 Å². The third kappa shape index (κ3) is 4.28. The molecule has 0 spiro atoms. The molecule has 138 valence electrons. The van der Waals surface area contributed by atoms with Crippen LogP contribution in [0.3, 0.4) is 0 Å². The summed E-state index contributed by atoms with van der Waals surface area (Å²) in [6.07, 6.45) is 2.59. The first-order chi connectivity index (χ1) is 11.8. The van der Waals surface area contributed by atoms with Crippen LogP contribution >= 0.6 is 0 Å². The van der Waals surface area contributed by atoms with Crippen molar-refractivity contribution in [1.82, 2.24) is 4.90 Å². The van der Waals surface area contributed by atoms with Crippen molar-refractivity contribution < 1.29 is 4.79 Å². The first-order valence-electron chi connectivity index (χ1n) is 9.74. The van der Waals surface area contributed by atoms with Gasteiger partial charge in [-0.2, -0.15) is 0 Å². The Labute approximate surface area is 152 Å². The van der Waals surface area contributed by atoms with Crippen molar-refractivity contribution in [1.29, 1.82) is 0 Å². The lowest BCUT2D eigenvalue weighted by Gasteiger charge is -2.39. The fraction of sp³-hybridized carbons (Fsp3) is 0.667. The average molecular weight is 344 g/mol. The lowest BCUT2D eigenvalue weighted by molar-refractivity contribution is -0.139. The molecule has 2 fully saturated rings. The molecule has 0 aromatic heterocycles. The lowest BCUT2D eigenvalue weighted by atomic mass is 9.94. The summed E-state index contributed by atoms with van der Waals surface area (Å²) in [5, 5.41) is 0. The molecule has 4 heteroatoms. The van der Waals surface area contributed by atoms with Crippen molar-refractivity contribution in [3.63, 3.8) is 0 Å². The molecule has 1 aromatic rings. The minimum absolute atomic E-state index is 0.266. The van der Waals surface area contributed by atoms with Gasteiger partial charge in [0, 0.05) is 56.1 Å². The summed E-state index contributed by atoms with van der Waals surface area (Å²) in [5.41, 5.74) is 2.34. The molecule has 0 atom stereocenters. The van der Waals surface area contributed by atoms with E-state index in [2.05, 4.69) is 41.0 Å². The molecule has 0 radical (unpaired) electrons. The van der Waals surface area contributed by atoms with Gasteiger partial charge < -0.3 is 14.7 Å². The predicted octanol–water partition coefficient (Wildman–Crippen LogP) is 3.62. The largest absolute Gasteiger partial charge is 0.372 e. The SMILES string of the molecule is CC1CCN(c2ccc(N3CCN(C(=O)C(C)(C)C)CC3)cc2)CC1. The second-order valence-electron chi connectivity index (χ2n) is 8.72. The van der Waals surface area contributed by atoms with Crippen LogP contribution in [0.4, 0.5) is 11.4 Å². The first kappa shape index (κ1) is 18.1. The Morgan fingerprint density at radius 2 is 1.28 bits per heavy atom. The van der Waals surface area contributed by atoms with Gasteiger partial charge in [0.1, 0.15) is 0 Å². The Kier molecular flexibility index (Phi) is 5.26. The number of hydrogen-bond donors (Lipinski definition) is 0. The number of benzene rings is 1. The van der Waals surface area contributed by atoms with Crippen LogP contribution in [-0.4, -0.2) is 50.1 Å². The van der Waals surface area contributed by atoms with E-state index in [-0.39, 0.29) is 11.3 Å². The maximum Gasteiger partial charge on any atom is 0.228 e. The maximum atomic E-state index is 12.4. The van der Waals surface area contributed by atoms with Crippen LogP contribution < -0.4 is 9.80 Å². The molecule has 0 bridgehead atoms. The number of amides is 1. The Balaban J connectivity index is 1.56. The summed E-state index contributed by atoms with van der Waals surface area (Å²) in [7, 11) is 0. The molecule has 1 aromatic carbocycles. The van der Waals surface area contributed by atoms with Gasteiger partial charge in [0.2, 0.25) is 5.91 Å². The van der Waals surface area contributed by atoms with E-state index in [1.54, 1.807) is 0 Å². The third-order valence-corrected chi connectivity index (χ3v) is 5.57. The molecule has 0 saturated carbocycles. The topological polar surface area (TPSA) is 26.8 Å². The van der Waals surface area contributed by atoms with Crippen LogP contribution in [0.5, 0.6) is 0 Å². The zero-order valence-electron chi connectivity index (χ0n) is 16.3. The summed E-state index contributed by atoms with van der Waals surface area (Å²) < 4.78 is 0. The highest BCUT2D eigenvalue weighted by molar-refractivity contribution is 5.81. The van der Waals surface area contributed by atoms with Crippen molar-refractivity contribution >= 4 is 17.3 Å². The van der Waals surface area contributed by atoms with Crippen molar-refractivity contribution in [2.24, 2.45) is 11.3 Å². The van der Waals surface area contributed by atoms with Gasteiger partial charge in [0.15, 0.2) is 0 Å². The maximum absolute atomic E-state index is 12.4. The molecule has 2 aliphatic heterocycles. The highest BCUT2D eigenvalue weighted by Crippen LogP contribution is 2.26. The van der Waals surface area contributed by atoms with Crippen LogP contribution in [-0.2, 0) is 4.79 Å². The second-order valence-corrected chi connectivity index (χ2v) is 8.72. The molecular weight excluding hydrogens is 310 g/mol. The second kappa shape index (κ2) is 7.27. The van der Waals surface area contributed by atoms with Crippen LogP contribution in [0, 0.1) is 11.3 Å². The standard InChI is InChI=1S/C21H33N3O/c1-17-9-11-22(12-10-17)18-5-7-19(8-6-18)23-13-15-24(16-14-23)20(25)21(2,3)4/h5-8,17H,9-16H2,1-4H3. The number of carbonyl (C=O) groups excluding carboxylic acids is 1. The minimum atomic E-state index is -0.282. The smallest absolute Gasteiger partial charge is 0.228 e. The van der Waals surface area contributed by atoms with Crippen LogP contribution in [0.2, 0.25) is 0 Å². The molecule has 2 saturated heterocycles. The zero-order chi connectivity index (χ0) is 18.0. The predicted molar refractivity (Wildman–Crippen MR) is 105 cm³/mol. The van der Waals surface area contributed by atoms with E-state index >= 15 is 0 Å². The van der Waals surface area contributed by atoms with Gasteiger partial charge in [-0.25, -0.2) is 0 Å². The molecular formula is C21H33N3O. The van der Waals surface area contributed by atoms with E-state index in [4.69, 9.17) is 0 Å². The van der Waals surface area contributed by atoms with E-state index in [0.717, 1.165) is 32.1 Å². The van der Waals surface area contributed by atoms with Gasteiger partial charge in [-0.1, -0.05) is 27.7 Å². The lowest BCUT2D eigenvalue weighted by Crippen LogP contribution is -2.51. The summed E-state index contributed by atoms with van der Waals surface area (Å²) in [4.78, 5) is 19.3. The highest BCUT2D eigenvalue weighted by atomic mass is 16.2. The monoisotopic (exact) mass is 343 g/mol. The van der Waals surface area contributed by atoms with E-state index in [1.165, 1.54) is 37.3 Å². The number of piperazine rings is 1. The van der Waals surface area contributed by atoms with Crippen molar-refractivity contribution in [3.8, 4) is 0 Å². The molecule has 0 N–H and O–H groups in total. The van der Waals surface area contributed by atoms with Gasteiger partial charge in [0.05, 0.1) is 0 Å². The van der Waals surface area contributed by atoms with E-state index in [1.807, 2.05) is 25.7 Å². The van der Waals surface area contributed by atoms with E-state index in [9.17, 15) is 4.79 Å². The molecule has 0 unspecified atom stereocenters. The Morgan fingerprint density at radius 3 is 1.72 bits per heavy atom. The number of nitrogens with zero attached hydrogens (tertiary/aromatic N) is 3. The Morgan fingerprint density at radius 1 is 0.840 bits per heavy atom. The number of rotatable bonds is 2. The molecule has 4 nitrogen and oxygen atoms in total. The van der Waals surface area contributed by atoms with E-state index < -0.39 is 0 Å². The van der Waals surface area contributed by atoms with Crippen molar-refractivity contribution in [3.05, 3.63) is 24.3 Å². The summed E-state index contributed by atoms with van der Waals surface area (Å²) >= 11 is 0. The normalized spacial score (nSPS) is 20.1. The van der Waals surface area contributed by atoms with Crippen molar-refractivity contribution in [2.45, 2.75) is 40.5 Å². The summed E-state index contributed by atoms with van der Waals surface area (Å²) in [5.74, 6) is 1.13. The van der Waals surface area contributed by atoms with Gasteiger partial charge >= 0.3 is 0 Å². The molecule has 25 heavy (non-hydrogen) atoms. The highest BCUT2D eigenvalue weighted by Gasteiger charge is 2.29. The molecule has 2 aliphatic rings. The summed E-state index contributed by atoms with van der Waals surface area (Å²) in [6.45, 7) is 14.2. The number of piperidine rings is 1. The van der Waals surface area contributed by atoms with Gasteiger partial charge in [-0.15, -0.1) is 0 Å². The van der Waals surface area contributed by atoms with Crippen LogP contribution in [0.25, 0.3) is 0 Å². The number of anilines is 2. The zero-order valence-corrected chi connectivity index (χ0v) is 16.3. The minimum Gasteiger partial charge on any atom is -0.372 e. The molecule has 1 amide bonds. The Hall–Kier alpha value is -1.71. The van der Waals surface area contributed by atoms with Gasteiger partial charge in [0.25, 0.3) is 0 Å². The molecule has 3 rings (SSSR count). The first-order valence-corrected chi connectivity index (χ1v) is 9.74. The molecule has 2 heterocycles. The summed E-state index contributed by atoms with van der Waals surface area (Å²) in [6, 6.07) is 9.01. The van der Waals surface area contributed by atoms with Gasteiger partial charge in [-0.3, -0.25) is 4.79 Å². The Bertz CT molecular complexity index is 574. The number of hydrogen-bond acceptors (Lipinski definition) is 3. The fourth-order valence-electron chi connectivity index (χ4n) is 3.78. The molecule has 0 aliphatic carbocycles. The quantitative estimate of drug-likeness (QED) is 0.821. The number of carbonyl (C=O) groups is 1. The fourth-order valence-corrected chi connectivity index (χ4v) is 3.78. The van der Waals surface area contributed by atoms with Gasteiger partial charge in [-0.05, 0) is 43.0 Å². The van der Waals surface area contributed by atoms with E-state index in [0.29, 0.717) is 0 Å². The third-order valence-electron chi connectivity index (χ3n) is 5.57.